The maximum absolute atomic E-state index is 4.65. The van der Waals surface area contributed by atoms with Crippen molar-refractivity contribution in [3.63, 3.8) is 0 Å². The molecule has 23 heavy (non-hydrogen) atoms. The highest BCUT2D eigenvalue weighted by Crippen LogP contribution is 2.17. The molecule has 0 aromatic carbocycles. The number of hydrogen-bond acceptors (Lipinski definition) is 4. The molecule has 5 nitrogen and oxygen atoms in total. The van der Waals surface area contributed by atoms with Crippen LogP contribution in [-0.4, -0.2) is 49.1 Å². The van der Waals surface area contributed by atoms with E-state index in [9.17, 15) is 0 Å². The summed E-state index contributed by atoms with van der Waals surface area (Å²) in [5.41, 5.74) is 1.17. The summed E-state index contributed by atoms with van der Waals surface area (Å²) in [7, 11) is 1.82. The second kappa shape index (κ2) is 9.23. The van der Waals surface area contributed by atoms with Crippen molar-refractivity contribution in [3.05, 3.63) is 16.1 Å². The van der Waals surface area contributed by atoms with Crippen LogP contribution in [0.4, 0.5) is 0 Å². The maximum atomic E-state index is 4.65. The van der Waals surface area contributed by atoms with Gasteiger partial charge in [-0.3, -0.25) is 4.99 Å². The maximum Gasteiger partial charge on any atom is 0.191 e. The number of aliphatic imine (C=N–C) groups is 1. The van der Waals surface area contributed by atoms with Gasteiger partial charge in [0, 0.05) is 25.5 Å². The Kier molecular flexibility index (Phi) is 7.30. The fraction of sp³-hybridized carbons (Fsp3) is 0.765. The molecular weight excluding hydrogens is 306 g/mol. The molecule has 1 aliphatic rings. The highest BCUT2D eigenvalue weighted by Gasteiger charge is 2.14. The van der Waals surface area contributed by atoms with Gasteiger partial charge in [-0.05, 0) is 37.8 Å². The first-order chi connectivity index (χ1) is 11.1. The molecule has 6 heteroatoms. The van der Waals surface area contributed by atoms with Gasteiger partial charge < -0.3 is 15.5 Å². The van der Waals surface area contributed by atoms with Crippen molar-refractivity contribution in [2.24, 2.45) is 10.9 Å². The summed E-state index contributed by atoms with van der Waals surface area (Å²) >= 11 is 1.71. The molecule has 1 unspecified atom stereocenters. The molecule has 1 aromatic heterocycles. The number of hydrogen-bond donors (Lipinski definition) is 2. The third-order valence-corrected chi connectivity index (χ3v) is 5.05. The molecule has 130 valence electrons. The Morgan fingerprint density at radius 3 is 2.65 bits per heavy atom. The second-order valence-corrected chi connectivity index (χ2v) is 7.68. The molecule has 1 saturated heterocycles. The molecule has 0 amide bonds. The quantitative estimate of drug-likeness (QED) is 0.593. The lowest BCUT2D eigenvalue weighted by molar-refractivity contribution is 0.287. The van der Waals surface area contributed by atoms with E-state index < -0.39 is 0 Å². The molecule has 1 aliphatic heterocycles. The first-order valence-electron chi connectivity index (χ1n) is 8.69. The van der Waals surface area contributed by atoms with E-state index in [-0.39, 0.29) is 0 Å². The number of aromatic nitrogens is 1. The summed E-state index contributed by atoms with van der Waals surface area (Å²) in [6, 6.07) is 0. The summed E-state index contributed by atoms with van der Waals surface area (Å²) in [6.45, 7) is 12.0. The first-order valence-corrected chi connectivity index (χ1v) is 9.57. The van der Waals surface area contributed by atoms with Crippen LogP contribution >= 0.6 is 11.3 Å². The van der Waals surface area contributed by atoms with Gasteiger partial charge in [0.05, 0.1) is 12.2 Å². The number of nitrogens with zero attached hydrogens (tertiary/aromatic N) is 3. The van der Waals surface area contributed by atoms with Crippen LogP contribution < -0.4 is 10.6 Å². The molecule has 1 atom stereocenters. The summed E-state index contributed by atoms with van der Waals surface area (Å²) in [6.07, 6.45) is 2.71. The Balaban J connectivity index is 1.70. The Morgan fingerprint density at radius 2 is 2.04 bits per heavy atom. The smallest absolute Gasteiger partial charge is 0.191 e. The zero-order chi connectivity index (χ0) is 16.7. The van der Waals surface area contributed by atoms with Crippen LogP contribution in [0.1, 0.15) is 50.2 Å². The normalized spacial score (nSPS) is 17.7. The fourth-order valence-electron chi connectivity index (χ4n) is 2.79. The Morgan fingerprint density at radius 1 is 1.30 bits per heavy atom. The Hall–Kier alpha value is -1.14. The molecule has 0 radical (unpaired) electrons. The summed E-state index contributed by atoms with van der Waals surface area (Å²) < 4.78 is 0. The summed E-state index contributed by atoms with van der Waals surface area (Å²) in [5.74, 6) is 1.97. The van der Waals surface area contributed by atoms with Crippen LogP contribution in [-0.2, 0) is 6.54 Å². The van der Waals surface area contributed by atoms with E-state index in [2.05, 4.69) is 51.7 Å². The molecule has 1 aromatic rings. The Bertz CT molecular complexity index is 491. The molecule has 0 spiro atoms. The number of rotatable bonds is 7. The van der Waals surface area contributed by atoms with E-state index >= 15 is 0 Å². The molecule has 2 heterocycles. The van der Waals surface area contributed by atoms with E-state index in [0.717, 1.165) is 24.1 Å². The zero-order valence-electron chi connectivity index (χ0n) is 14.9. The number of guanidine groups is 1. The molecule has 2 N–H and O–H groups in total. The fourth-order valence-corrected chi connectivity index (χ4v) is 3.69. The van der Waals surface area contributed by atoms with Crippen molar-refractivity contribution in [1.29, 1.82) is 0 Å². The second-order valence-electron chi connectivity index (χ2n) is 6.74. The van der Waals surface area contributed by atoms with Gasteiger partial charge in [0.15, 0.2) is 5.96 Å². The van der Waals surface area contributed by atoms with Gasteiger partial charge in [-0.1, -0.05) is 20.8 Å². The van der Waals surface area contributed by atoms with Crippen molar-refractivity contribution in [1.82, 2.24) is 20.5 Å². The lowest BCUT2D eigenvalue weighted by Gasteiger charge is -2.21. The number of likely N-dealkylation sites (tertiary alicyclic amines) is 1. The minimum Gasteiger partial charge on any atom is -0.356 e. The molecule has 0 saturated carbocycles. The van der Waals surface area contributed by atoms with Crippen LogP contribution in [0, 0.1) is 5.92 Å². The Labute approximate surface area is 144 Å². The predicted octanol–water partition coefficient (Wildman–Crippen LogP) is 2.66. The van der Waals surface area contributed by atoms with Gasteiger partial charge in [0.1, 0.15) is 5.01 Å². The van der Waals surface area contributed by atoms with Crippen LogP contribution in [0.5, 0.6) is 0 Å². The monoisotopic (exact) mass is 337 g/mol. The van der Waals surface area contributed by atoms with Gasteiger partial charge in [0.25, 0.3) is 0 Å². The first kappa shape index (κ1) is 18.2. The summed E-state index contributed by atoms with van der Waals surface area (Å²) in [4.78, 5) is 11.5. The highest BCUT2D eigenvalue weighted by molar-refractivity contribution is 7.09. The van der Waals surface area contributed by atoms with Crippen molar-refractivity contribution in [2.75, 3.05) is 33.2 Å². The summed E-state index contributed by atoms with van der Waals surface area (Å²) in [5, 5.41) is 10.1. The lowest BCUT2D eigenvalue weighted by atomic mass is 10.1. The molecule has 2 rings (SSSR count). The number of thiazole rings is 1. The minimum atomic E-state index is 0.490. The van der Waals surface area contributed by atoms with E-state index in [1.165, 1.54) is 38.2 Å². The molecular formula is C17H31N5S. The predicted molar refractivity (Wildman–Crippen MR) is 99.2 cm³/mol. The van der Waals surface area contributed by atoms with Crippen LogP contribution in [0.25, 0.3) is 0 Å². The zero-order valence-corrected chi connectivity index (χ0v) is 15.7. The van der Waals surface area contributed by atoms with Gasteiger partial charge >= 0.3 is 0 Å². The molecule has 0 bridgehead atoms. The van der Waals surface area contributed by atoms with Crippen LogP contribution in [0.3, 0.4) is 0 Å². The van der Waals surface area contributed by atoms with E-state index in [1.807, 2.05) is 7.05 Å². The molecule has 1 fully saturated rings. The van der Waals surface area contributed by atoms with E-state index in [4.69, 9.17) is 0 Å². The van der Waals surface area contributed by atoms with Gasteiger partial charge in [-0.25, -0.2) is 4.98 Å². The average molecular weight is 338 g/mol. The van der Waals surface area contributed by atoms with Crippen molar-refractivity contribution < 1.29 is 0 Å². The highest BCUT2D eigenvalue weighted by atomic mass is 32.1. The third-order valence-electron chi connectivity index (χ3n) is 4.18. The van der Waals surface area contributed by atoms with Crippen molar-refractivity contribution >= 4 is 17.3 Å². The SMILES string of the molecule is CN=C(NCc1nc(C(C)C)cs1)NCC(C)CN1CCCC1. The topological polar surface area (TPSA) is 52.6 Å². The van der Waals surface area contributed by atoms with Gasteiger partial charge in [-0.15, -0.1) is 11.3 Å². The third kappa shape index (κ3) is 6.11. The van der Waals surface area contributed by atoms with E-state index in [0.29, 0.717) is 11.8 Å². The minimum absolute atomic E-state index is 0.490. The molecule has 0 aliphatic carbocycles. The van der Waals surface area contributed by atoms with Gasteiger partial charge in [0.2, 0.25) is 0 Å². The largest absolute Gasteiger partial charge is 0.356 e. The number of nitrogens with one attached hydrogen (secondary N) is 2. The van der Waals surface area contributed by atoms with E-state index in [1.54, 1.807) is 11.3 Å². The van der Waals surface area contributed by atoms with Gasteiger partial charge in [-0.2, -0.15) is 0 Å². The van der Waals surface area contributed by atoms with Crippen LogP contribution in [0.15, 0.2) is 10.4 Å². The standard InChI is InChI=1S/C17H31N5S/c1-13(2)15-12-23-16(21-15)10-20-17(18-4)19-9-14(3)11-22-7-5-6-8-22/h12-14H,5-11H2,1-4H3,(H2,18,19,20). The van der Waals surface area contributed by atoms with Crippen molar-refractivity contribution in [2.45, 2.75) is 46.1 Å². The van der Waals surface area contributed by atoms with Crippen molar-refractivity contribution in [3.8, 4) is 0 Å². The average Bonchev–Trinajstić information content (AvgIpc) is 3.18. The van der Waals surface area contributed by atoms with Crippen LogP contribution in [0.2, 0.25) is 0 Å². The lowest BCUT2D eigenvalue weighted by Crippen LogP contribution is -2.41.